The van der Waals surface area contributed by atoms with Gasteiger partial charge in [-0.2, -0.15) is 0 Å². The molecule has 0 unspecified atom stereocenters. The Balaban J connectivity index is 0.00000144. The second kappa shape index (κ2) is 10.3. The quantitative estimate of drug-likeness (QED) is 0.696. The predicted molar refractivity (Wildman–Crippen MR) is 102 cm³/mol. The van der Waals surface area contributed by atoms with Crippen LogP contribution in [-0.4, -0.2) is 31.1 Å². The van der Waals surface area contributed by atoms with Crippen molar-refractivity contribution in [3.63, 3.8) is 0 Å². The molecule has 138 valence electrons. The highest BCUT2D eigenvalue weighted by Gasteiger charge is 2.34. The van der Waals surface area contributed by atoms with Crippen molar-refractivity contribution < 1.29 is 8.78 Å². The zero-order valence-corrected chi connectivity index (χ0v) is 16.8. The number of rotatable bonds is 3. The molecule has 1 saturated carbocycles. The lowest BCUT2D eigenvalue weighted by molar-refractivity contribution is 0.0976. The van der Waals surface area contributed by atoms with E-state index in [1.807, 2.05) is 0 Å². The SMILES string of the molecule is Cl.Cl.Fc1cc(Br)cc(F)c1[C@@H](C1CCCCC1)N1CCNCC1. The van der Waals surface area contributed by atoms with Crippen molar-refractivity contribution in [3.05, 3.63) is 33.8 Å². The van der Waals surface area contributed by atoms with Crippen LogP contribution in [0.25, 0.3) is 0 Å². The summed E-state index contributed by atoms with van der Waals surface area (Å²) in [7, 11) is 0. The summed E-state index contributed by atoms with van der Waals surface area (Å²) in [5.74, 6) is -0.473. The second-order valence-corrected chi connectivity index (χ2v) is 7.33. The van der Waals surface area contributed by atoms with Crippen LogP contribution in [-0.2, 0) is 0 Å². The van der Waals surface area contributed by atoms with E-state index in [1.165, 1.54) is 31.4 Å². The van der Waals surface area contributed by atoms with Crippen molar-refractivity contribution in [2.24, 2.45) is 5.92 Å². The minimum Gasteiger partial charge on any atom is -0.314 e. The Morgan fingerprint density at radius 3 is 2.08 bits per heavy atom. The molecule has 0 aromatic heterocycles. The molecule has 2 aliphatic rings. The van der Waals surface area contributed by atoms with Gasteiger partial charge in [0.15, 0.2) is 0 Å². The van der Waals surface area contributed by atoms with E-state index in [0.29, 0.717) is 10.4 Å². The van der Waals surface area contributed by atoms with Crippen LogP contribution in [0, 0.1) is 17.6 Å². The molecular formula is C17H25BrCl2F2N2. The largest absolute Gasteiger partial charge is 0.314 e. The molecule has 2 nitrogen and oxygen atoms in total. The summed E-state index contributed by atoms with van der Waals surface area (Å²) < 4.78 is 29.6. The molecule has 1 aliphatic carbocycles. The molecule has 1 saturated heterocycles. The van der Waals surface area contributed by atoms with E-state index < -0.39 is 11.6 Å². The molecule has 1 aliphatic heterocycles. The second-order valence-electron chi connectivity index (χ2n) is 6.41. The van der Waals surface area contributed by atoms with Gasteiger partial charge in [0.05, 0.1) is 0 Å². The van der Waals surface area contributed by atoms with Crippen molar-refractivity contribution in [2.75, 3.05) is 26.2 Å². The molecule has 24 heavy (non-hydrogen) atoms. The highest BCUT2D eigenvalue weighted by atomic mass is 79.9. The smallest absolute Gasteiger partial charge is 0.132 e. The van der Waals surface area contributed by atoms with Crippen LogP contribution in [0.5, 0.6) is 0 Å². The molecule has 3 rings (SSSR count). The third kappa shape index (κ3) is 5.04. The van der Waals surface area contributed by atoms with E-state index in [0.717, 1.165) is 39.0 Å². The first-order valence-electron chi connectivity index (χ1n) is 8.26. The van der Waals surface area contributed by atoms with E-state index in [4.69, 9.17) is 0 Å². The van der Waals surface area contributed by atoms with E-state index >= 15 is 0 Å². The maximum absolute atomic E-state index is 14.6. The molecule has 1 atom stereocenters. The van der Waals surface area contributed by atoms with Gasteiger partial charge in [-0.05, 0) is 30.9 Å². The zero-order valence-electron chi connectivity index (χ0n) is 13.6. The number of halogens is 5. The molecule has 2 fully saturated rings. The lowest BCUT2D eigenvalue weighted by Gasteiger charge is -2.41. The topological polar surface area (TPSA) is 15.3 Å². The van der Waals surface area contributed by atoms with Gasteiger partial charge in [0.2, 0.25) is 0 Å². The van der Waals surface area contributed by atoms with Gasteiger partial charge in [-0.15, -0.1) is 24.8 Å². The molecule has 7 heteroatoms. The predicted octanol–water partition coefficient (Wildman–Crippen LogP) is 5.10. The third-order valence-electron chi connectivity index (χ3n) is 4.98. The summed E-state index contributed by atoms with van der Waals surface area (Å²) in [6, 6.07) is 2.67. The fourth-order valence-electron chi connectivity index (χ4n) is 3.96. The molecule has 1 heterocycles. The molecule has 1 aromatic rings. The number of hydrogen-bond donors (Lipinski definition) is 1. The van der Waals surface area contributed by atoms with Gasteiger partial charge in [-0.25, -0.2) is 8.78 Å². The van der Waals surface area contributed by atoms with Gasteiger partial charge in [-0.1, -0.05) is 35.2 Å². The first-order chi connectivity index (χ1) is 10.7. The summed E-state index contributed by atoms with van der Waals surface area (Å²) in [6.07, 6.45) is 5.74. The molecule has 1 N–H and O–H groups in total. The molecule has 0 amide bonds. The number of piperazine rings is 1. The summed E-state index contributed by atoms with van der Waals surface area (Å²) in [5.41, 5.74) is 0.275. The summed E-state index contributed by atoms with van der Waals surface area (Å²) in [5, 5.41) is 3.33. The standard InChI is InChI=1S/C17H23BrF2N2.2ClH/c18-13-10-14(19)16(15(20)11-13)17(12-4-2-1-3-5-12)22-8-6-21-7-9-22;;/h10-12,17,21H,1-9H2;2*1H/t17-;;/m1../s1. The van der Waals surface area contributed by atoms with E-state index in [9.17, 15) is 8.78 Å². The Morgan fingerprint density at radius 1 is 1.00 bits per heavy atom. The van der Waals surface area contributed by atoms with Gasteiger partial charge < -0.3 is 5.32 Å². The zero-order chi connectivity index (χ0) is 15.5. The van der Waals surface area contributed by atoms with Crippen LogP contribution in [0.3, 0.4) is 0 Å². The molecule has 0 bridgehead atoms. The van der Waals surface area contributed by atoms with Crippen molar-refractivity contribution in [1.82, 2.24) is 10.2 Å². The lowest BCUT2D eigenvalue weighted by Crippen LogP contribution is -2.47. The van der Waals surface area contributed by atoms with Crippen LogP contribution < -0.4 is 5.32 Å². The molecule has 0 spiro atoms. The van der Waals surface area contributed by atoms with Crippen LogP contribution >= 0.6 is 40.7 Å². The van der Waals surface area contributed by atoms with Crippen molar-refractivity contribution in [3.8, 4) is 0 Å². The van der Waals surface area contributed by atoms with E-state index in [2.05, 4.69) is 26.1 Å². The van der Waals surface area contributed by atoms with Crippen LogP contribution in [0.15, 0.2) is 16.6 Å². The Labute approximate surface area is 163 Å². The van der Waals surface area contributed by atoms with Crippen LogP contribution in [0.2, 0.25) is 0 Å². The number of hydrogen-bond acceptors (Lipinski definition) is 2. The molecule has 0 radical (unpaired) electrons. The van der Waals surface area contributed by atoms with Gasteiger partial charge in [0, 0.05) is 42.3 Å². The lowest BCUT2D eigenvalue weighted by atomic mass is 9.80. The first-order valence-corrected chi connectivity index (χ1v) is 9.05. The number of nitrogens with one attached hydrogen (secondary N) is 1. The normalized spacial score (nSPS) is 20.8. The van der Waals surface area contributed by atoms with Crippen molar-refractivity contribution >= 4 is 40.7 Å². The molecular weight excluding hydrogens is 421 g/mol. The Kier molecular flexibility index (Phi) is 9.46. The average Bonchev–Trinajstić information content (AvgIpc) is 2.52. The van der Waals surface area contributed by atoms with E-state index in [-0.39, 0.29) is 36.4 Å². The monoisotopic (exact) mass is 444 g/mol. The Morgan fingerprint density at radius 2 is 1.54 bits per heavy atom. The van der Waals surface area contributed by atoms with Gasteiger partial charge in [0.1, 0.15) is 11.6 Å². The highest BCUT2D eigenvalue weighted by Crippen LogP contribution is 2.41. The van der Waals surface area contributed by atoms with Gasteiger partial charge in [0.25, 0.3) is 0 Å². The summed E-state index contributed by atoms with van der Waals surface area (Å²) in [4.78, 5) is 2.28. The highest BCUT2D eigenvalue weighted by molar-refractivity contribution is 9.10. The van der Waals surface area contributed by atoms with E-state index in [1.54, 1.807) is 0 Å². The fourth-order valence-corrected chi connectivity index (χ4v) is 4.36. The Bertz CT molecular complexity index is 480. The van der Waals surface area contributed by atoms with Crippen LogP contribution in [0.4, 0.5) is 8.78 Å². The minimum atomic E-state index is -0.416. The van der Waals surface area contributed by atoms with Crippen molar-refractivity contribution in [2.45, 2.75) is 38.1 Å². The maximum Gasteiger partial charge on any atom is 0.132 e. The first kappa shape index (κ1) is 22.1. The number of benzene rings is 1. The average molecular weight is 446 g/mol. The third-order valence-corrected chi connectivity index (χ3v) is 5.44. The number of nitrogens with zero attached hydrogens (tertiary/aromatic N) is 1. The van der Waals surface area contributed by atoms with Gasteiger partial charge >= 0.3 is 0 Å². The molecule has 1 aromatic carbocycles. The van der Waals surface area contributed by atoms with Gasteiger partial charge in [-0.3, -0.25) is 4.90 Å². The Hall–Kier alpha value is 0.0600. The van der Waals surface area contributed by atoms with Crippen molar-refractivity contribution in [1.29, 1.82) is 0 Å². The fraction of sp³-hybridized carbons (Fsp3) is 0.647. The minimum absolute atomic E-state index is 0. The maximum atomic E-state index is 14.6. The van der Waals surface area contributed by atoms with Crippen LogP contribution in [0.1, 0.15) is 43.7 Å². The summed E-state index contributed by atoms with van der Waals surface area (Å²) in [6.45, 7) is 3.50. The summed E-state index contributed by atoms with van der Waals surface area (Å²) >= 11 is 3.18.